The average molecular weight is 388 g/mol. The molecule has 0 radical (unpaired) electrons. The Balaban J connectivity index is 2.13. The molecule has 1 amide bonds. The topological polar surface area (TPSA) is 64.6 Å². The second kappa shape index (κ2) is 10.4. The molecule has 0 fully saturated rings. The number of nitrogens with one attached hydrogen (secondary N) is 1. The number of methoxy groups -OCH3 is 1. The van der Waals surface area contributed by atoms with Crippen LogP contribution >= 0.6 is 11.6 Å². The zero-order chi connectivity index (χ0) is 19.6. The van der Waals surface area contributed by atoms with Gasteiger partial charge in [0.15, 0.2) is 0 Å². The van der Waals surface area contributed by atoms with Crippen molar-refractivity contribution in [3.8, 4) is 5.75 Å². The number of hydrogen-bond acceptors (Lipinski definition) is 4. The summed E-state index contributed by atoms with van der Waals surface area (Å²) in [5, 5.41) is 3.48. The molecule has 6 heteroatoms. The molecule has 0 bridgehead atoms. The molecule has 5 nitrogen and oxygen atoms in total. The summed E-state index contributed by atoms with van der Waals surface area (Å²) in [7, 11) is 1.56. The molecule has 0 heterocycles. The van der Waals surface area contributed by atoms with E-state index < -0.39 is 6.04 Å². The molecule has 2 rings (SSSR count). The molecular weight excluding hydrogens is 366 g/mol. The molecule has 0 aliphatic heterocycles. The van der Waals surface area contributed by atoms with Gasteiger partial charge in [-0.25, -0.2) is 0 Å². The first kappa shape index (κ1) is 20.5. The highest BCUT2D eigenvalue weighted by Crippen LogP contribution is 2.22. The molecule has 1 N–H and O–H groups in total. The van der Waals surface area contributed by atoms with Gasteiger partial charge in [0.2, 0.25) is 5.91 Å². The third-order valence-electron chi connectivity index (χ3n) is 3.79. The Morgan fingerprint density at radius 3 is 2.59 bits per heavy atom. The Kier molecular flexibility index (Phi) is 7.89. The summed E-state index contributed by atoms with van der Waals surface area (Å²) >= 11 is 5.85. The Hall–Kier alpha value is -2.79. The zero-order valence-electron chi connectivity index (χ0n) is 15.3. The minimum absolute atomic E-state index is 0.0293. The van der Waals surface area contributed by atoms with Crippen molar-refractivity contribution in [3.05, 3.63) is 70.8 Å². The van der Waals surface area contributed by atoms with E-state index in [1.54, 1.807) is 44.4 Å². The van der Waals surface area contributed by atoms with Crippen molar-refractivity contribution < 1.29 is 19.1 Å². The number of carbonyl (C=O) groups excluding carboxylic acids is 2. The van der Waals surface area contributed by atoms with Crippen molar-refractivity contribution in [3.63, 3.8) is 0 Å². The molecule has 142 valence electrons. The number of hydrogen-bond donors (Lipinski definition) is 1. The average Bonchev–Trinajstić information content (AvgIpc) is 2.67. The largest absolute Gasteiger partial charge is 0.497 e. The lowest BCUT2D eigenvalue weighted by Gasteiger charge is -2.18. The molecule has 0 spiro atoms. The molecule has 0 saturated heterocycles. The van der Waals surface area contributed by atoms with E-state index in [0.717, 1.165) is 11.1 Å². The van der Waals surface area contributed by atoms with Crippen LogP contribution in [0.15, 0.2) is 54.6 Å². The highest BCUT2D eigenvalue weighted by atomic mass is 35.5. The van der Waals surface area contributed by atoms with Crippen LogP contribution in [0.25, 0.3) is 6.08 Å². The van der Waals surface area contributed by atoms with Crippen molar-refractivity contribution in [2.45, 2.75) is 19.4 Å². The van der Waals surface area contributed by atoms with E-state index >= 15 is 0 Å². The molecule has 0 saturated carbocycles. The third-order valence-corrected chi connectivity index (χ3v) is 4.04. The van der Waals surface area contributed by atoms with Crippen molar-refractivity contribution in [1.29, 1.82) is 0 Å². The minimum Gasteiger partial charge on any atom is -0.497 e. The molecule has 0 aliphatic rings. The van der Waals surface area contributed by atoms with Crippen LogP contribution in [0, 0.1) is 0 Å². The quantitative estimate of drug-likeness (QED) is 0.545. The summed E-state index contributed by atoms with van der Waals surface area (Å²) in [5.41, 5.74) is 1.61. The summed E-state index contributed by atoms with van der Waals surface area (Å²) < 4.78 is 10.2. The molecule has 0 aromatic heterocycles. The normalized spacial score (nSPS) is 11.8. The van der Waals surface area contributed by atoms with Crippen molar-refractivity contribution >= 4 is 29.6 Å². The van der Waals surface area contributed by atoms with E-state index in [9.17, 15) is 9.59 Å². The number of amides is 1. The van der Waals surface area contributed by atoms with Gasteiger partial charge in [0.25, 0.3) is 0 Å². The molecule has 2 aromatic carbocycles. The van der Waals surface area contributed by atoms with Gasteiger partial charge in [-0.15, -0.1) is 0 Å². The van der Waals surface area contributed by atoms with Gasteiger partial charge in [-0.2, -0.15) is 0 Å². The first-order valence-electron chi connectivity index (χ1n) is 8.55. The predicted molar refractivity (Wildman–Crippen MR) is 106 cm³/mol. The zero-order valence-corrected chi connectivity index (χ0v) is 16.0. The molecule has 2 aromatic rings. The van der Waals surface area contributed by atoms with Gasteiger partial charge < -0.3 is 14.8 Å². The van der Waals surface area contributed by atoms with Crippen molar-refractivity contribution in [1.82, 2.24) is 5.32 Å². The lowest BCUT2D eigenvalue weighted by Crippen LogP contribution is -2.29. The molecule has 1 unspecified atom stereocenters. The van der Waals surface area contributed by atoms with Crippen LogP contribution in [0.2, 0.25) is 5.02 Å². The van der Waals surface area contributed by atoms with Gasteiger partial charge in [-0.3, -0.25) is 9.59 Å². The predicted octanol–water partition coefficient (Wildman–Crippen LogP) is 4.17. The smallest absolute Gasteiger partial charge is 0.308 e. The van der Waals surface area contributed by atoms with E-state index in [1.807, 2.05) is 24.3 Å². The highest BCUT2D eigenvalue weighted by Gasteiger charge is 2.19. The fourth-order valence-electron chi connectivity index (χ4n) is 2.46. The maximum atomic E-state index is 12.4. The fourth-order valence-corrected chi connectivity index (χ4v) is 2.59. The number of rotatable bonds is 8. The van der Waals surface area contributed by atoms with Gasteiger partial charge in [0.05, 0.1) is 26.2 Å². The van der Waals surface area contributed by atoms with Crippen LogP contribution in [0.3, 0.4) is 0 Å². The Bertz CT molecular complexity index is 802. The van der Waals surface area contributed by atoms with Gasteiger partial charge in [-0.05, 0) is 48.4 Å². The summed E-state index contributed by atoms with van der Waals surface area (Å²) in [6, 6.07) is 13.8. The molecule has 0 aliphatic carbocycles. The van der Waals surface area contributed by atoms with Gasteiger partial charge in [0, 0.05) is 11.1 Å². The van der Waals surface area contributed by atoms with Crippen LogP contribution in [0.4, 0.5) is 0 Å². The first-order valence-corrected chi connectivity index (χ1v) is 8.93. The summed E-state index contributed by atoms with van der Waals surface area (Å²) in [5.74, 6) is -0.0540. The highest BCUT2D eigenvalue weighted by molar-refractivity contribution is 6.30. The lowest BCUT2D eigenvalue weighted by atomic mass is 10.0. The van der Waals surface area contributed by atoms with E-state index in [2.05, 4.69) is 5.32 Å². The molecule has 1 atom stereocenters. The van der Waals surface area contributed by atoms with Crippen LogP contribution in [0.5, 0.6) is 5.75 Å². The Labute approximate surface area is 163 Å². The monoisotopic (exact) mass is 387 g/mol. The SMILES string of the molecule is CCOC(=O)CC(NC(=O)/C=C/c1ccc(Cl)cc1)c1cccc(OC)c1. The lowest BCUT2D eigenvalue weighted by molar-refractivity contribution is -0.143. The van der Waals surface area contributed by atoms with Crippen LogP contribution in [-0.4, -0.2) is 25.6 Å². The number of carbonyl (C=O) groups is 2. The van der Waals surface area contributed by atoms with Crippen LogP contribution in [0.1, 0.15) is 30.5 Å². The van der Waals surface area contributed by atoms with E-state index in [-0.39, 0.29) is 24.9 Å². The number of halogens is 1. The second-order valence-corrected chi connectivity index (χ2v) is 6.17. The van der Waals surface area contributed by atoms with E-state index in [0.29, 0.717) is 10.8 Å². The maximum Gasteiger partial charge on any atom is 0.308 e. The van der Waals surface area contributed by atoms with E-state index in [1.165, 1.54) is 6.08 Å². The minimum atomic E-state index is -0.526. The Morgan fingerprint density at radius 1 is 1.19 bits per heavy atom. The molecule has 27 heavy (non-hydrogen) atoms. The Morgan fingerprint density at radius 2 is 1.93 bits per heavy atom. The van der Waals surface area contributed by atoms with Gasteiger partial charge >= 0.3 is 5.97 Å². The van der Waals surface area contributed by atoms with E-state index in [4.69, 9.17) is 21.1 Å². The summed E-state index contributed by atoms with van der Waals surface area (Å²) in [6.07, 6.45) is 3.13. The van der Waals surface area contributed by atoms with Gasteiger partial charge in [0.1, 0.15) is 5.75 Å². The summed E-state index contributed by atoms with van der Waals surface area (Å²) in [6.45, 7) is 2.03. The number of ether oxygens (including phenoxy) is 2. The second-order valence-electron chi connectivity index (χ2n) is 5.73. The third kappa shape index (κ3) is 6.79. The first-order chi connectivity index (χ1) is 13.0. The van der Waals surface area contributed by atoms with Gasteiger partial charge in [-0.1, -0.05) is 35.9 Å². The molecular formula is C21H22ClNO4. The number of benzene rings is 2. The van der Waals surface area contributed by atoms with Crippen LogP contribution < -0.4 is 10.1 Å². The van der Waals surface area contributed by atoms with Crippen molar-refractivity contribution in [2.75, 3.05) is 13.7 Å². The summed E-state index contributed by atoms with van der Waals surface area (Å²) in [4.78, 5) is 24.3. The maximum absolute atomic E-state index is 12.4. The fraction of sp³-hybridized carbons (Fsp3) is 0.238. The number of esters is 1. The van der Waals surface area contributed by atoms with Crippen LogP contribution in [-0.2, 0) is 14.3 Å². The standard InChI is InChI=1S/C21H22ClNO4/c1-3-27-21(25)14-19(16-5-4-6-18(13-16)26-2)23-20(24)12-9-15-7-10-17(22)11-8-15/h4-13,19H,3,14H2,1-2H3,(H,23,24)/b12-9+. The van der Waals surface area contributed by atoms with Crippen molar-refractivity contribution in [2.24, 2.45) is 0 Å².